The Morgan fingerprint density at radius 3 is 2.91 bits per heavy atom. The minimum Gasteiger partial charge on any atom is -0.245 e. The Labute approximate surface area is 72.7 Å². The lowest BCUT2D eigenvalue weighted by atomic mass is 10.6. The van der Waals surface area contributed by atoms with Crippen molar-refractivity contribution < 1.29 is 0 Å². The summed E-state index contributed by atoms with van der Waals surface area (Å²) in [6.07, 6.45) is 3.20. The van der Waals surface area contributed by atoms with Gasteiger partial charge in [-0.3, -0.25) is 0 Å². The molecule has 1 aromatic heterocycles. The van der Waals surface area contributed by atoms with E-state index >= 15 is 0 Å². The van der Waals surface area contributed by atoms with Crippen molar-refractivity contribution in [1.82, 2.24) is 9.97 Å². The molecule has 5 heteroatoms. The second-order valence-electron chi connectivity index (χ2n) is 1.85. The number of aromatic nitrogens is 2. The van der Waals surface area contributed by atoms with E-state index < -0.39 is 0 Å². The van der Waals surface area contributed by atoms with Crippen LogP contribution in [0.1, 0.15) is 0 Å². The van der Waals surface area contributed by atoms with Crippen LogP contribution in [0.3, 0.4) is 0 Å². The first-order chi connectivity index (χ1) is 5.45. The van der Waals surface area contributed by atoms with E-state index in [0.717, 1.165) is 15.3 Å². The predicted molar refractivity (Wildman–Crippen MR) is 49.2 cm³/mol. The Morgan fingerprint density at radius 1 is 1.45 bits per heavy atom. The number of hydrogen-bond donors (Lipinski definition) is 0. The number of aliphatic imine (C=N–C) groups is 1. The number of hydrogen-bond acceptors (Lipinski definition) is 5. The van der Waals surface area contributed by atoms with Crippen molar-refractivity contribution in [3.63, 3.8) is 0 Å². The lowest BCUT2D eigenvalue weighted by Crippen LogP contribution is -1.97. The molecule has 3 nitrogen and oxygen atoms in total. The van der Waals surface area contributed by atoms with Crippen molar-refractivity contribution in [3.05, 3.63) is 18.6 Å². The van der Waals surface area contributed by atoms with Crippen molar-refractivity contribution in [1.29, 1.82) is 0 Å². The van der Waals surface area contributed by atoms with Crippen molar-refractivity contribution in [2.45, 2.75) is 0 Å². The lowest BCUT2D eigenvalue weighted by Gasteiger charge is -2.11. The summed E-state index contributed by atoms with van der Waals surface area (Å²) >= 11 is 3.51. The maximum absolute atomic E-state index is 4.26. The van der Waals surface area contributed by atoms with Crippen LogP contribution in [-0.4, -0.2) is 19.4 Å². The molecule has 0 amide bonds. The predicted octanol–water partition coefficient (Wildman–Crippen LogP) is 1.90. The molecule has 11 heavy (non-hydrogen) atoms. The van der Waals surface area contributed by atoms with Crippen LogP contribution in [0.15, 0.2) is 23.6 Å². The van der Waals surface area contributed by atoms with Crippen molar-refractivity contribution in [3.8, 4) is 0 Å². The zero-order valence-electron chi connectivity index (χ0n) is 5.60. The van der Waals surface area contributed by atoms with Gasteiger partial charge in [0.25, 0.3) is 0 Å². The van der Waals surface area contributed by atoms with Crippen molar-refractivity contribution in [2.24, 2.45) is 4.99 Å². The smallest absolute Gasteiger partial charge is 0.157 e. The molecule has 1 fully saturated rings. The maximum atomic E-state index is 4.26. The quantitative estimate of drug-likeness (QED) is 0.666. The maximum Gasteiger partial charge on any atom is 0.157 e. The van der Waals surface area contributed by atoms with Gasteiger partial charge in [0.05, 0.1) is 5.08 Å². The molecule has 0 N–H and O–H groups in total. The average molecular weight is 183 g/mol. The Hall–Kier alpha value is -0.550. The first-order valence-electron chi connectivity index (χ1n) is 3.05. The van der Waals surface area contributed by atoms with E-state index in [4.69, 9.17) is 0 Å². The van der Waals surface area contributed by atoms with Gasteiger partial charge in [-0.1, -0.05) is 23.5 Å². The molecule has 1 saturated heterocycles. The molecule has 0 saturated carbocycles. The van der Waals surface area contributed by atoms with Gasteiger partial charge in [-0.05, 0) is 0 Å². The van der Waals surface area contributed by atoms with Gasteiger partial charge >= 0.3 is 0 Å². The van der Waals surface area contributed by atoms with Crippen molar-refractivity contribution >= 4 is 33.7 Å². The molecule has 0 spiro atoms. The highest BCUT2D eigenvalue weighted by molar-refractivity contribution is 8.52. The van der Waals surface area contributed by atoms with Crippen LogP contribution in [0, 0.1) is 0 Å². The van der Waals surface area contributed by atoms with Gasteiger partial charge in [-0.25, -0.2) is 15.0 Å². The largest absolute Gasteiger partial charge is 0.245 e. The zero-order chi connectivity index (χ0) is 7.52. The second-order valence-corrected chi connectivity index (χ2v) is 4.40. The molecule has 1 aromatic rings. The molecular weight excluding hydrogens is 178 g/mol. The fourth-order valence-electron chi connectivity index (χ4n) is 0.620. The van der Waals surface area contributed by atoms with E-state index in [1.807, 2.05) is 0 Å². The number of thioether (sulfide) groups is 2. The molecule has 0 radical (unpaired) electrons. The van der Waals surface area contributed by atoms with Crippen LogP contribution in [0.5, 0.6) is 0 Å². The van der Waals surface area contributed by atoms with Crippen LogP contribution < -0.4 is 0 Å². The third kappa shape index (κ3) is 1.72. The van der Waals surface area contributed by atoms with Gasteiger partial charge in [0, 0.05) is 12.3 Å². The summed E-state index contributed by atoms with van der Waals surface area (Å²) < 4.78 is 1.10. The summed E-state index contributed by atoms with van der Waals surface area (Å²) in [7, 11) is 0. The zero-order valence-corrected chi connectivity index (χ0v) is 7.23. The Kier molecular flexibility index (Phi) is 2.09. The van der Waals surface area contributed by atoms with Crippen molar-refractivity contribution in [2.75, 3.05) is 5.08 Å². The molecular formula is C6H5N3S2. The van der Waals surface area contributed by atoms with Crippen LogP contribution in [0.25, 0.3) is 0 Å². The molecule has 2 rings (SSSR count). The van der Waals surface area contributed by atoms with Gasteiger partial charge in [0.1, 0.15) is 10.7 Å². The minimum absolute atomic E-state index is 0.745. The minimum atomic E-state index is 0.745. The second kappa shape index (κ2) is 3.23. The standard InChI is InChI=1S/C6H5N3S2/c1-2-7-3-8-5(1)9-6-10-4-11-6/h1-3H,4H2. The molecule has 0 unspecified atom stereocenters. The highest BCUT2D eigenvalue weighted by Crippen LogP contribution is 2.34. The Bertz CT molecular complexity index is 266. The van der Waals surface area contributed by atoms with Crippen LogP contribution in [-0.2, 0) is 0 Å². The molecule has 0 bridgehead atoms. The van der Waals surface area contributed by atoms with E-state index in [0.29, 0.717) is 0 Å². The lowest BCUT2D eigenvalue weighted by molar-refractivity contribution is 1.15. The third-order valence-electron chi connectivity index (χ3n) is 1.14. The molecule has 0 atom stereocenters. The monoisotopic (exact) mass is 183 g/mol. The summed E-state index contributed by atoms with van der Waals surface area (Å²) in [5.41, 5.74) is 0. The van der Waals surface area contributed by atoms with Gasteiger partial charge < -0.3 is 0 Å². The van der Waals surface area contributed by atoms with Gasteiger partial charge in [-0.2, -0.15) is 0 Å². The normalized spacial score (nSPS) is 15.8. The molecule has 1 aliphatic rings. The molecule has 1 aliphatic heterocycles. The molecule has 56 valence electrons. The summed E-state index contributed by atoms with van der Waals surface area (Å²) in [6, 6.07) is 1.80. The average Bonchev–Trinajstić information content (AvgIpc) is 1.99. The van der Waals surface area contributed by atoms with E-state index in [1.54, 1.807) is 35.8 Å². The third-order valence-corrected chi connectivity index (χ3v) is 3.46. The topological polar surface area (TPSA) is 38.1 Å². The highest BCUT2D eigenvalue weighted by atomic mass is 32.3. The first-order valence-corrected chi connectivity index (χ1v) is 5.02. The number of nitrogens with zero attached hydrogens (tertiary/aromatic N) is 3. The Balaban J connectivity index is 2.17. The summed E-state index contributed by atoms with van der Waals surface area (Å²) in [5.74, 6) is 0.745. The highest BCUT2D eigenvalue weighted by Gasteiger charge is 2.11. The summed E-state index contributed by atoms with van der Waals surface area (Å²) in [6.45, 7) is 0. The fourth-order valence-corrected chi connectivity index (χ4v) is 1.83. The van der Waals surface area contributed by atoms with Gasteiger partial charge in [-0.15, -0.1) is 0 Å². The summed E-state index contributed by atoms with van der Waals surface area (Å²) in [4.78, 5) is 12.0. The number of rotatable bonds is 1. The first kappa shape index (κ1) is 7.12. The van der Waals surface area contributed by atoms with Crippen LogP contribution in [0.2, 0.25) is 0 Å². The van der Waals surface area contributed by atoms with Crippen LogP contribution in [0.4, 0.5) is 5.82 Å². The molecule has 0 aromatic carbocycles. The SMILES string of the molecule is c1cc(N=C2SCS2)ncn1. The van der Waals surface area contributed by atoms with E-state index in [-0.39, 0.29) is 0 Å². The summed E-state index contributed by atoms with van der Waals surface area (Å²) in [5, 5.41) is 1.11. The van der Waals surface area contributed by atoms with Crippen LogP contribution >= 0.6 is 23.5 Å². The molecule has 0 aliphatic carbocycles. The van der Waals surface area contributed by atoms with E-state index in [1.165, 1.54) is 6.33 Å². The van der Waals surface area contributed by atoms with Gasteiger partial charge in [0.15, 0.2) is 5.82 Å². The van der Waals surface area contributed by atoms with Gasteiger partial charge in [0.2, 0.25) is 0 Å². The Morgan fingerprint density at radius 2 is 2.36 bits per heavy atom. The van der Waals surface area contributed by atoms with E-state index in [9.17, 15) is 0 Å². The van der Waals surface area contributed by atoms with E-state index in [2.05, 4.69) is 15.0 Å². The molecule has 2 heterocycles. The fraction of sp³-hybridized carbons (Fsp3) is 0.167.